The van der Waals surface area contributed by atoms with E-state index in [1.165, 1.54) is 0 Å². The van der Waals surface area contributed by atoms with E-state index in [0.29, 0.717) is 24.6 Å². The summed E-state index contributed by atoms with van der Waals surface area (Å²) in [6.45, 7) is 3.09. The molecule has 1 aliphatic rings. The van der Waals surface area contributed by atoms with Crippen LogP contribution in [0.1, 0.15) is 6.92 Å². The van der Waals surface area contributed by atoms with Gasteiger partial charge < -0.3 is 4.90 Å². The predicted molar refractivity (Wildman–Crippen MR) is 49.3 cm³/mol. The van der Waals surface area contributed by atoms with Gasteiger partial charge in [0.15, 0.2) is 0 Å². The fraction of sp³-hybridized carbons (Fsp3) is 0.625. The normalized spacial score (nSPS) is 20.2. The lowest BCUT2D eigenvalue weighted by Gasteiger charge is -2.24. The largest absolute Gasteiger partial charge is 0.337 e. The Balaban J connectivity index is 2.44. The highest BCUT2D eigenvalue weighted by Crippen LogP contribution is 2.00. The molecule has 0 N–H and O–H groups in total. The minimum atomic E-state index is -0.699. The van der Waals surface area contributed by atoms with E-state index in [2.05, 4.69) is 0 Å². The van der Waals surface area contributed by atoms with Crippen molar-refractivity contribution in [2.75, 3.05) is 24.6 Å². The van der Waals surface area contributed by atoms with Crippen molar-refractivity contribution in [3.05, 3.63) is 12.2 Å². The average molecular weight is 187 g/mol. The van der Waals surface area contributed by atoms with Crippen molar-refractivity contribution in [1.29, 1.82) is 0 Å². The van der Waals surface area contributed by atoms with Crippen LogP contribution in [0.25, 0.3) is 0 Å². The van der Waals surface area contributed by atoms with Gasteiger partial charge in [-0.3, -0.25) is 9.00 Å². The van der Waals surface area contributed by atoms with Crippen molar-refractivity contribution in [2.45, 2.75) is 6.92 Å². The van der Waals surface area contributed by atoms with Gasteiger partial charge in [-0.2, -0.15) is 0 Å². The number of hydrogen-bond acceptors (Lipinski definition) is 2. The Hall–Kier alpha value is -0.640. The van der Waals surface area contributed by atoms with Crippen molar-refractivity contribution >= 4 is 16.7 Å². The van der Waals surface area contributed by atoms with E-state index in [9.17, 15) is 9.00 Å². The van der Waals surface area contributed by atoms with Crippen LogP contribution in [0.15, 0.2) is 12.2 Å². The molecule has 0 saturated carbocycles. The zero-order valence-corrected chi connectivity index (χ0v) is 7.97. The molecule has 1 fully saturated rings. The first-order chi connectivity index (χ1) is 5.74. The van der Waals surface area contributed by atoms with Crippen LogP contribution < -0.4 is 0 Å². The fourth-order valence-corrected chi connectivity index (χ4v) is 2.16. The van der Waals surface area contributed by atoms with Crippen molar-refractivity contribution in [1.82, 2.24) is 4.90 Å². The van der Waals surface area contributed by atoms with Crippen molar-refractivity contribution in [2.24, 2.45) is 0 Å². The molecular weight excluding hydrogens is 174 g/mol. The second kappa shape index (κ2) is 4.40. The van der Waals surface area contributed by atoms with Crippen molar-refractivity contribution in [3.8, 4) is 0 Å². The standard InChI is InChI=1S/C8H13NO2S/c1-2-3-8(10)9-4-6-12(11)7-5-9/h2-3H,4-7H2,1H3/b3-2+. The third-order valence-corrected chi connectivity index (χ3v) is 3.07. The molecule has 1 saturated heterocycles. The summed E-state index contributed by atoms with van der Waals surface area (Å²) >= 11 is 0. The number of allylic oxidation sites excluding steroid dienone is 1. The molecule has 0 aromatic rings. The maximum absolute atomic E-state index is 11.2. The minimum Gasteiger partial charge on any atom is -0.337 e. The van der Waals surface area contributed by atoms with E-state index in [0.717, 1.165) is 0 Å². The lowest BCUT2D eigenvalue weighted by Crippen LogP contribution is -2.40. The van der Waals surface area contributed by atoms with Crippen LogP contribution in [0.4, 0.5) is 0 Å². The lowest BCUT2D eigenvalue weighted by molar-refractivity contribution is -0.125. The number of nitrogens with zero attached hydrogens (tertiary/aromatic N) is 1. The number of carbonyl (C=O) groups is 1. The SMILES string of the molecule is C/C=C/C(=O)N1CCS(=O)CC1. The Morgan fingerprint density at radius 1 is 1.42 bits per heavy atom. The highest BCUT2D eigenvalue weighted by atomic mass is 32.2. The molecule has 0 aliphatic carbocycles. The van der Waals surface area contributed by atoms with Crippen LogP contribution in [0, 0.1) is 0 Å². The van der Waals surface area contributed by atoms with E-state index >= 15 is 0 Å². The summed E-state index contributed by atoms with van der Waals surface area (Å²) in [5, 5.41) is 0. The van der Waals surface area contributed by atoms with Gasteiger partial charge in [0.05, 0.1) is 0 Å². The summed E-state index contributed by atoms with van der Waals surface area (Å²) in [6, 6.07) is 0. The van der Waals surface area contributed by atoms with Gasteiger partial charge in [-0.15, -0.1) is 0 Å². The van der Waals surface area contributed by atoms with Gasteiger partial charge >= 0.3 is 0 Å². The van der Waals surface area contributed by atoms with E-state index in [1.807, 2.05) is 6.92 Å². The van der Waals surface area contributed by atoms with Crippen LogP contribution in [-0.2, 0) is 15.6 Å². The molecule has 3 nitrogen and oxygen atoms in total. The summed E-state index contributed by atoms with van der Waals surface area (Å²) in [5.74, 6) is 1.29. The number of amides is 1. The highest BCUT2D eigenvalue weighted by molar-refractivity contribution is 7.85. The summed E-state index contributed by atoms with van der Waals surface area (Å²) in [4.78, 5) is 13.0. The third kappa shape index (κ3) is 2.44. The second-order valence-electron chi connectivity index (χ2n) is 2.67. The van der Waals surface area contributed by atoms with E-state index in [1.54, 1.807) is 17.1 Å². The summed E-state index contributed by atoms with van der Waals surface area (Å²) in [7, 11) is -0.699. The molecule has 0 spiro atoms. The van der Waals surface area contributed by atoms with Crippen LogP contribution in [-0.4, -0.2) is 39.6 Å². The zero-order valence-electron chi connectivity index (χ0n) is 7.16. The molecule has 0 unspecified atom stereocenters. The van der Waals surface area contributed by atoms with Gasteiger partial charge in [0.25, 0.3) is 0 Å². The number of carbonyl (C=O) groups excluding carboxylic acids is 1. The third-order valence-electron chi connectivity index (χ3n) is 1.80. The summed E-state index contributed by atoms with van der Waals surface area (Å²) in [6.07, 6.45) is 3.28. The molecule has 68 valence electrons. The first-order valence-electron chi connectivity index (χ1n) is 4.00. The molecule has 4 heteroatoms. The lowest BCUT2D eigenvalue weighted by atomic mass is 10.4. The molecule has 1 rings (SSSR count). The molecule has 0 bridgehead atoms. The Bertz CT molecular complexity index is 215. The minimum absolute atomic E-state index is 0.0363. The molecular formula is C8H13NO2S. The Morgan fingerprint density at radius 3 is 2.50 bits per heavy atom. The van der Waals surface area contributed by atoms with Gasteiger partial charge in [0, 0.05) is 35.4 Å². The highest BCUT2D eigenvalue weighted by Gasteiger charge is 2.17. The van der Waals surface area contributed by atoms with E-state index in [-0.39, 0.29) is 5.91 Å². The summed E-state index contributed by atoms with van der Waals surface area (Å²) in [5.41, 5.74) is 0. The van der Waals surface area contributed by atoms with Crippen LogP contribution in [0.3, 0.4) is 0 Å². The van der Waals surface area contributed by atoms with Gasteiger partial charge in [-0.1, -0.05) is 6.08 Å². The smallest absolute Gasteiger partial charge is 0.246 e. The molecule has 0 atom stereocenters. The maximum Gasteiger partial charge on any atom is 0.246 e. The topological polar surface area (TPSA) is 37.4 Å². The molecule has 0 radical (unpaired) electrons. The van der Waals surface area contributed by atoms with Gasteiger partial charge in [0.2, 0.25) is 5.91 Å². The number of rotatable bonds is 1. The van der Waals surface area contributed by atoms with Crippen molar-refractivity contribution < 1.29 is 9.00 Å². The second-order valence-corrected chi connectivity index (χ2v) is 4.37. The summed E-state index contributed by atoms with van der Waals surface area (Å²) < 4.78 is 10.9. The van der Waals surface area contributed by atoms with Gasteiger partial charge in [-0.25, -0.2) is 0 Å². The molecule has 0 aromatic heterocycles. The first kappa shape index (κ1) is 9.45. The Morgan fingerprint density at radius 2 is 2.00 bits per heavy atom. The van der Waals surface area contributed by atoms with Gasteiger partial charge in [-0.05, 0) is 13.0 Å². The maximum atomic E-state index is 11.2. The molecule has 12 heavy (non-hydrogen) atoms. The predicted octanol–water partition coefficient (Wildman–Crippen LogP) is 0.153. The number of hydrogen-bond donors (Lipinski definition) is 0. The van der Waals surface area contributed by atoms with Crippen LogP contribution in [0.2, 0.25) is 0 Å². The van der Waals surface area contributed by atoms with Crippen LogP contribution in [0.5, 0.6) is 0 Å². The fourth-order valence-electron chi connectivity index (χ4n) is 1.11. The molecule has 1 aliphatic heterocycles. The average Bonchev–Trinajstić information content (AvgIpc) is 2.06. The first-order valence-corrected chi connectivity index (χ1v) is 5.49. The van der Waals surface area contributed by atoms with E-state index in [4.69, 9.17) is 0 Å². The Labute approximate surface area is 74.9 Å². The van der Waals surface area contributed by atoms with E-state index < -0.39 is 10.8 Å². The Kier molecular flexibility index (Phi) is 3.47. The quantitative estimate of drug-likeness (QED) is 0.548. The van der Waals surface area contributed by atoms with Gasteiger partial charge in [0.1, 0.15) is 0 Å². The monoisotopic (exact) mass is 187 g/mol. The molecule has 1 heterocycles. The zero-order chi connectivity index (χ0) is 8.97. The van der Waals surface area contributed by atoms with Crippen molar-refractivity contribution in [3.63, 3.8) is 0 Å². The van der Waals surface area contributed by atoms with Crippen LogP contribution >= 0.6 is 0 Å². The molecule has 1 amide bonds. The molecule has 0 aromatic carbocycles.